The molecule has 3 aromatic carbocycles. The zero-order chi connectivity index (χ0) is 29.5. The normalized spacial score (nSPS) is 19.8. The summed E-state index contributed by atoms with van der Waals surface area (Å²) in [5.41, 5.74) is 4.92. The van der Waals surface area contributed by atoms with Crippen LogP contribution in [0.5, 0.6) is 0 Å². The molecule has 2 aliphatic rings. The van der Waals surface area contributed by atoms with E-state index in [0.717, 1.165) is 46.2 Å². The molecule has 1 aliphatic carbocycles. The van der Waals surface area contributed by atoms with Crippen molar-refractivity contribution >= 4 is 17.7 Å². The minimum atomic E-state index is -1.08. The molecular weight excluding hydrogens is 528 g/mol. The van der Waals surface area contributed by atoms with Crippen LogP contribution in [0, 0.1) is 0 Å². The highest BCUT2D eigenvalue weighted by Crippen LogP contribution is 2.38. The van der Waals surface area contributed by atoms with E-state index < -0.39 is 17.6 Å². The molecule has 1 amide bonds. The zero-order valence-corrected chi connectivity index (χ0v) is 24.3. The Balaban J connectivity index is 1.49. The molecule has 0 radical (unpaired) electrons. The Morgan fingerprint density at radius 2 is 1.67 bits per heavy atom. The van der Waals surface area contributed by atoms with Crippen molar-refractivity contribution in [3.05, 3.63) is 83.9 Å². The van der Waals surface area contributed by atoms with E-state index in [1.165, 1.54) is 7.11 Å². The third-order valence-electron chi connectivity index (χ3n) is 8.33. The average Bonchev–Trinajstić information content (AvgIpc) is 3.58. The van der Waals surface area contributed by atoms with Crippen LogP contribution in [0.2, 0.25) is 0 Å². The number of carbonyl (C=O) groups excluding carboxylic acids is 2. The molecular formula is C34H38N4O4. The summed E-state index contributed by atoms with van der Waals surface area (Å²) in [7, 11) is 1.37. The highest BCUT2D eigenvalue weighted by atomic mass is 16.5. The van der Waals surface area contributed by atoms with Crippen molar-refractivity contribution in [2.24, 2.45) is 15.2 Å². The van der Waals surface area contributed by atoms with Gasteiger partial charge in [0.25, 0.3) is 0 Å². The minimum absolute atomic E-state index is 0.0647. The molecule has 0 spiro atoms. The average molecular weight is 567 g/mol. The Morgan fingerprint density at radius 1 is 0.952 bits per heavy atom. The monoisotopic (exact) mass is 566 g/mol. The summed E-state index contributed by atoms with van der Waals surface area (Å²) in [5.74, 6) is 0.135. The molecule has 1 heterocycles. The van der Waals surface area contributed by atoms with Gasteiger partial charge in [0.05, 0.1) is 13.2 Å². The third-order valence-corrected chi connectivity index (χ3v) is 8.33. The number of unbranched alkanes of at least 4 members (excludes halogenated alkanes) is 1. The summed E-state index contributed by atoms with van der Waals surface area (Å²) in [4.78, 5) is 33.0. The quantitative estimate of drug-likeness (QED) is 0.281. The Hall–Kier alpha value is -4.17. The van der Waals surface area contributed by atoms with E-state index in [1.54, 1.807) is 4.90 Å². The van der Waals surface area contributed by atoms with Crippen LogP contribution in [-0.4, -0.2) is 53.1 Å². The lowest BCUT2D eigenvalue weighted by atomic mass is 9.78. The fourth-order valence-electron chi connectivity index (χ4n) is 5.92. The van der Waals surface area contributed by atoms with Gasteiger partial charge in [-0.1, -0.05) is 74.0 Å². The lowest BCUT2D eigenvalue weighted by molar-refractivity contribution is -0.167. The van der Waals surface area contributed by atoms with Crippen molar-refractivity contribution in [2.75, 3.05) is 13.8 Å². The molecule has 1 aliphatic heterocycles. The van der Waals surface area contributed by atoms with E-state index >= 15 is 0 Å². The van der Waals surface area contributed by atoms with Crippen molar-refractivity contribution in [1.29, 1.82) is 0 Å². The molecule has 1 saturated carbocycles. The minimum Gasteiger partial charge on any atom is -0.467 e. The molecule has 8 nitrogen and oxygen atoms in total. The Labute approximate surface area is 247 Å². The van der Waals surface area contributed by atoms with Gasteiger partial charge >= 0.3 is 5.97 Å². The Kier molecular flexibility index (Phi) is 9.22. The third kappa shape index (κ3) is 6.19. The SMILES string of the molecule is CCCCC(=O)N(Cc1ccc(-c2cc(-c3ccccc3)ccc2C2=NCN=N2)cc1)C1(C(=O)OC)CCC(O)CC1. The molecule has 42 heavy (non-hydrogen) atoms. The van der Waals surface area contributed by atoms with Gasteiger partial charge in [-0.05, 0) is 72.1 Å². The largest absolute Gasteiger partial charge is 0.467 e. The number of carbonyl (C=O) groups is 2. The first-order valence-electron chi connectivity index (χ1n) is 14.7. The summed E-state index contributed by atoms with van der Waals surface area (Å²) in [5, 5.41) is 18.5. The molecule has 0 atom stereocenters. The molecule has 0 bridgehead atoms. The lowest BCUT2D eigenvalue weighted by Crippen LogP contribution is -2.59. The van der Waals surface area contributed by atoms with Crippen LogP contribution in [0.25, 0.3) is 22.3 Å². The highest BCUT2D eigenvalue weighted by molar-refractivity contribution is 6.06. The maximum atomic E-state index is 13.6. The topological polar surface area (TPSA) is 104 Å². The lowest BCUT2D eigenvalue weighted by Gasteiger charge is -2.45. The first-order valence-corrected chi connectivity index (χ1v) is 14.7. The number of esters is 1. The van der Waals surface area contributed by atoms with Gasteiger partial charge in [0, 0.05) is 18.5 Å². The molecule has 8 heteroatoms. The van der Waals surface area contributed by atoms with Gasteiger partial charge in [0.1, 0.15) is 5.54 Å². The number of azo groups is 1. The van der Waals surface area contributed by atoms with Gasteiger partial charge < -0.3 is 14.7 Å². The smallest absolute Gasteiger partial charge is 0.331 e. The zero-order valence-electron chi connectivity index (χ0n) is 24.3. The summed E-state index contributed by atoms with van der Waals surface area (Å²) in [6.07, 6.45) is 3.18. The second-order valence-corrected chi connectivity index (χ2v) is 11.0. The number of ether oxygens (including phenoxy) is 1. The van der Waals surface area contributed by atoms with E-state index in [4.69, 9.17) is 4.74 Å². The number of nitrogens with zero attached hydrogens (tertiary/aromatic N) is 4. The van der Waals surface area contributed by atoms with Gasteiger partial charge in [0.2, 0.25) is 5.91 Å². The van der Waals surface area contributed by atoms with Gasteiger partial charge in [-0.2, -0.15) is 5.11 Å². The number of methoxy groups -OCH3 is 1. The second kappa shape index (κ2) is 13.2. The van der Waals surface area contributed by atoms with Crippen LogP contribution < -0.4 is 0 Å². The van der Waals surface area contributed by atoms with Crippen LogP contribution in [0.3, 0.4) is 0 Å². The standard InChI is InChI=1S/C34H38N4O4/c1-3-4-10-31(40)38(34(33(41)42-2)19-17-28(39)18-20-34)22-24-11-13-26(14-12-24)30-21-27(25-8-6-5-7-9-25)15-16-29(30)32-35-23-36-37-32/h5-9,11-16,21,28,39H,3-4,10,17-20,22-23H2,1-2H3. The van der Waals surface area contributed by atoms with E-state index in [-0.39, 0.29) is 12.5 Å². The van der Waals surface area contributed by atoms with Crippen molar-refractivity contribution in [1.82, 2.24) is 4.90 Å². The molecule has 3 aromatic rings. The molecule has 0 saturated heterocycles. The number of aliphatic imine (C=N–C) groups is 1. The number of benzene rings is 3. The van der Waals surface area contributed by atoms with Gasteiger partial charge in [0.15, 0.2) is 12.5 Å². The van der Waals surface area contributed by atoms with E-state index in [0.29, 0.717) is 44.6 Å². The second-order valence-electron chi connectivity index (χ2n) is 11.0. The van der Waals surface area contributed by atoms with Crippen molar-refractivity contribution in [3.63, 3.8) is 0 Å². The van der Waals surface area contributed by atoms with Gasteiger partial charge in [-0.25, -0.2) is 9.79 Å². The number of aliphatic hydroxyl groups is 1. The fourth-order valence-corrected chi connectivity index (χ4v) is 5.92. The Bertz CT molecular complexity index is 1460. The first kappa shape index (κ1) is 29.3. The van der Waals surface area contributed by atoms with Crippen LogP contribution in [0.4, 0.5) is 0 Å². The van der Waals surface area contributed by atoms with Crippen LogP contribution >= 0.6 is 0 Å². The predicted molar refractivity (Wildman–Crippen MR) is 163 cm³/mol. The number of amides is 1. The maximum absolute atomic E-state index is 13.6. The molecule has 1 N–H and O–H groups in total. The molecule has 1 fully saturated rings. The number of hydrogen-bond donors (Lipinski definition) is 1. The van der Waals surface area contributed by atoms with E-state index in [1.807, 2.05) is 55.5 Å². The molecule has 218 valence electrons. The summed E-state index contributed by atoms with van der Waals surface area (Å²) in [6.45, 7) is 2.66. The van der Waals surface area contributed by atoms with Crippen molar-refractivity contribution < 1.29 is 19.4 Å². The molecule has 5 rings (SSSR count). The fraction of sp³-hybridized carbons (Fsp3) is 0.382. The maximum Gasteiger partial charge on any atom is 0.331 e. The van der Waals surface area contributed by atoms with Crippen molar-refractivity contribution in [3.8, 4) is 22.3 Å². The van der Waals surface area contributed by atoms with E-state index in [2.05, 4.69) is 39.5 Å². The summed E-state index contributed by atoms with van der Waals surface area (Å²) < 4.78 is 5.25. The van der Waals surface area contributed by atoms with Gasteiger partial charge in [-0.15, -0.1) is 5.11 Å². The number of amidine groups is 1. The number of aliphatic hydroxyl groups excluding tert-OH is 1. The van der Waals surface area contributed by atoms with Gasteiger partial charge in [-0.3, -0.25) is 4.79 Å². The Morgan fingerprint density at radius 3 is 2.31 bits per heavy atom. The molecule has 0 aromatic heterocycles. The van der Waals surface area contributed by atoms with E-state index in [9.17, 15) is 14.7 Å². The molecule has 0 unspecified atom stereocenters. The van der Waals surface area contributed by atoms with Crippen molar-refractivity contribution in [2.45, 2.75) is 70.1 Å². The van der Waals surface area contributed by atoms with Crippen LogP contribution in [0.1, 0.15) is 63.0 Å². The highest BCUT2D eigenvalue weighted by Gasteiger charge is 2.49. The predicted octanol–water partition coefficient (Wildman–Crippen LogP) is 6.56. The number of hydrogen-bond acceptors (Lipinski definition) is 7. The van der Waals surface area contributed by atoms with Crippen LogP contribution in [-0.2, 0) is 20.9 Å². The van der Waals surface area contributed by atoms with Crippen LogP contribution in [0.15, 0.2) is 88.0 Å². The first-order chi connectivity index (χ1) is 20.4. The number of rotatable bonds is 10. The summed E-state index contributed by atoms with van der Waals surface area (Å²) in [6, 6.07) is 24.6. The summed E-state index contributed by atoms with van der Waals surface area (Å²) >= 11 is 0.